The second kappa shape index (κ2) is 12.1. The van der Waals surface area contributed by atoms with Gasteiger partial charge >= 0.3 is 0 Å². The molecule has 0 aliphatic carbocycles. The summed E-state index contributed by atoms with van der Waals surface area (Å²) < 4.78 is 0. The van der Waals surface area contributed by atoms with Crippen molar-refractivity contribution in [2.24, 2.45) is 0 Å². The van der Waals surface area contributed by atoms with Crippen LogP contribution in [-0.2, 0) is 0 Å². The highest BCUT2D eigenvalue weighted by Gasteiger charge is 1.87. The van der Waals surface area contributed by atoms with Crippen molar-refractivity contribution in [1.82, 2.24) is 0 Å². The Kier molecular flexibility index (Phi) is 9.52. The van der Waals surface area contributed by atoms with Crippen LogP contribution in [0.25, 0.3) is 11.6 Å². The lowest BCUT2D eigenvalue weighted by molar-refractivity contribution is 1.52. The van der Waals surface area contributed by atoms with Crippen LogP contribution in [0.5, 0.6) is 0 Å². The first kappa shape index (κ1) is 19.7. The Hall–Kier alpha value is -3.37. The third-order valence-corrected chi connectivity index (χ3v) is 3.19. The van der Waals surface area contributed by atoms with E-state index in [0.717, 1.165) is 16.7 Å². The van der Waals surface area contributed by atoms with Gasteiger partial charge in [-0.25, -0.2) is 0 Å². The van der Waals surface area contributed by atoms with Crippen LogP contribution >= 0.6 is 0 Å². The molecule has 124 valence electrons. The van der Waals surface area contributed by atoms with Gasteiger partial charge in [0.2, 0.25) is 0 Å². The van der Waals surface area contributed by atoms with E-state index in [2.05, 4.69) is 25.3 Å². The van der Waals surface area contributed by atoms with Gasteiger partial charge in [-0.1, -0.05) is 110 Å². The zero-order valence-electron chi connectivity index (χ0n) is 14.6. The second-order valence-electron chi connectivity index (χ2n) is 5.26. The Morgan fingerprint density at radius 1 is 0.960 bits per heavy atom. The molecule has 0 saturated heterocycles. The molecule has 2 rings (SSSR count). The maximum absolute atomic E-state index is 8.61. The molecule has 0 radical (unpaired) electrons. The Balaban J connectivity index is 0.000000293. The number of nitrogens with zero attached hydrogens (tertiary/aromatic N) is 1. The quantitative estimate of drug-likeness (QED) is 0.448. The molecule has 0 amide bonds. The lowest BCUT2D eigenvalue weighted by atomic mass is 10.1. The average Bonchev–Trinajstić information content (AvgIpc) is 2.66. The molecule has 1 nitrogen and oxygen atoms in total. The van der Waals surface area contributed by atoms with Gasteiger partial charge in [0.05, 0.1) is 6.07 Å². The fraction of sp³-hybridized carbons (Fsp3) is 0.0417. The van der Waals surface area contributed by atoms with Gasteiger partial charge in [-0.3, -0.25) is 0 Å². The van der Waals surface area contributed by atoms with Crippen LogP contribution in [0.15, 0.2) is 110 Å². The number of benzene rings is 2. The molecule has 0 N–H and O–H groups in total. The fourth-order valence-electron chi connectivity index (χ4n) is 1.88. The molecule has 0 saturated carbocycles. The van der Waals surface area contributed by atoms with Crippen molar-refractivity contribution in [2.75, 3.05) is 0 Å². The molecule has 0 aromatic heterocycles. The standard InChI is InChI=1S/C15H13N.C9H10/c1-2-3-7-15(12-13-16)11-10-14-8-5-4-6-9-14;1-8(2)9-6-4-3-5-7-9/h2-12H,1H2;3-7H,1H2,2H3. The van der Waals surface area contributed by atoms with E-state index in [4.69, 9.17) is 5.26 Å². The summed E-state index contributed by atoms with van der Waals surface area (Å²) in [6.45, 7) is 9.42. The molecule has 0 aliphatic heterocycles. The third kappa shape index (κ3) is 8.74. The minimum Gasteiger partial charge on any atom is -0.193 e. The first-order valence-corrected chi connectivity index (χ1v) is 8.00. The molecule has 2 aromatic rings. The molecular weight excluding hydrogens is 302 g/mol. The van der Waals surface area contributed by atoms with Crippen LogP contribution in [0.4, 0.5) is 0 Å². The summed E-state index contributed by atoms with van der Waals surface area (Å²) in [6, 6.07) is 22.1. The maximum atomic E-state index is 8.61. The van der Waals surface area contributed by atoms with Crippen molar-refractivity contribution in [2.45, 2.75) is 6.92 Å². The molecule has 1 heteroatoms. The highest BCUT2D eigenvalue weighted by molar-refractivity contribution is 5.60. The highest BCUT2D eigenvalue weighted by Crippen LogP contribution is 2.08. The Morgan fingerprint density at radius 2 is 1.56 bits per heavy atom. The van der Waals surface area contributed by atoms with Gasteiger partial charge < -0.3 is 0 Å². The van der Waals surface area contributed by atoms with Crippen LogP contribution < -0.4 is 0 Å². The van der Waals surface area contributed by atoms with Gasteiger partial charge in [-0.2, -0.15) is 5.26 Å². The number of hydrogen-bond acceptors (Lipinski definition) is 1. The molecule has 0 atom stereocenters. The number of allylic oxidation sites excluding steroid dienone is 7. The SMILES string of the molecule is C=C(C)c1ccccc1.C=CC=CC(C=Cc1ccccc1)=CC#N. The van der Waals surface area contributed by atoms with Crippen LogP contribution in [0, 0.1) is 11.3 Å². The van der Waals surface area contributed by atoms with Gasteiger partial charge in [-0.05, 0) is 23.6 Å². The van der Waals surface area contributed by atoms with Crippen molar-refractivity contribution >= 4 is 11.6 Å². The van der Waals surface area contributed by atoms with E-state index in [1.54, 1.807) is 12.2 Å². The summed E-state index contributed by atoms with van der Waals surface area (Å²) in [5, 5.41) is 8.61. The predicted octanol–water partition coefficient (Wildman–Crippen LogP) is 6.61. The summed E-state index contributed by atoms with van der Waals surface area (Å²) in [4.78, 5) is 0. The predicted molar refractivity (Wildman–Crippen MR) is 110 cm³/mol. The van der Waals surface area contributed by atoms with E-state index in [0.29, 0.717) is 0 Å². The molecule has 25 heavy (non-hydrogen) atoms. The Labute approximate surface area is 151 Å². The van der Waals surface area contributed by atoms with Gasteiger partial charge in [0.25, 0.3) is 0 Å². The lowest BCUT2D eigenvalue weighted by Gasteiger charge is -1.94. The van der Waals surface area contributed by atoms with Crippen molar-refractivity contribution < 1.29 is 0 Å². The topological polar surface area (TPSA) is 23.8 Å². The molecule has 0 spiro atoms. The van der Waals surface area contributed by atoms with E-state index in [1.165, 1.54) is 11.6 Å². The minimum atomic E-state index is 0.853. The molecular formula is C24H23N. The van der Waals surface area contributed by atoms with Crippen molar-refractivity contribution in [3.8, 4) is 6.07 Å². The second-order valence-corrected chi connectivity index (χ2v) is 5.26. The van der Waals surface area contributed by atoms with E-state index in [9.17, 15) is 0 Å². The molecule has 0 heterocycles. The number of nitriles is 1. The van der Waals surface area contributed by atoms with E-state index in [-0.39, 0.29) is 0 Å². The van der Waals surface area contributed by atoms with Gasteiger partial charge in [0, 0.05) is 6.08 Å². The monoisotopic (exact) mass is 325 g/mol. The molecule has 0 fully saturated rings. The van der Waals surface area contributed by atoms with Crippen molar-refractivity contribution in [3.05, 3.63) is 121 Å². The maximum Gasteiger partial charge on any atom is 0.0918 e. The first-order chi connectivity index (χ1) is 12.2. The molecule has 0 bridgehead atoms. The smallest absolute Gasteiger partial charge is 0.0918 e. The Morgan fingerprint density at radius 3 is 2.04 bits per heavy atom. The normalized spacial score (nSPS) is 10.8. The van der Waals surface area contributed by atoms with Gasteiger partial charge in [-0.15, -0.1) is 0 Å². The highest BCUT2D eigenvalue weighted by atomic mass is 14.2. The zero-order chi connectivity index (χ0) is 18.3. The van der Waals surface area contributed by atoms with Gasteiger partial charge in [0.1, 0.15) is 0 Å². The summed E-state index contributed by atoms with van der Waals surface area (Å²) in [5.41, 5.74) is 4.30. The van der Waals surface area contributed by atoms with E-state index < -0.39 is 0 Å². The largest absolute Gasteiger partial charge is 0.193 e. The molecule has 0 aliphatic rings. The zero-order valence-corrected chi connectivity index (χ0v) is 14.6. The number of hydrogen-bond donors (Lipinski definition) is 0. The van der Waals surface area contributed by atoms with Crippen LogP contribution in [0.1, 0.15) is 18.1 Å². The minimum absolute atomic E-state index is 0.853. The van der Waals surface area contributed by atoms with E-state index >= 15 is 0 Å². The molecule has 0 unspecified atom stereocenters. The average molecular weight is 325 g/mol. The van der Waals surface area contributed by atoms with Crippen molar-refractivity contribution in [1.29, 1.82) is 5.26 Å². The first-order valence-electron chi connectivity index (χ1n) is 8.00. The summed E-state index contributed by atoms with van der Waals surface area (Å²) in [6.07, 6.45) is 10.7. The summed E-state index contributed by atoms with van der Waals surface area (Å²) >= 11 is 0. The van der Waals surface area contributed by atoms with Gasteiger partial charge in [0.15, 0.2) is 0 Å². The third-order valence-electron chi connectivity index (χ3n) is 3.19. The molecule has 2 aromatic carbocycles. The van der Waals surface area contributed by atoms with Crippen LogP contribution in [-0.4, -0.2) is 0 Å². The lowest BCUT2D eigenvalue weighted by Crippen LogP contribution is -1.72. The van der Waals surface area contributed by atoms with Crippen LogP contribution in [0.3, 0.4) is 0 Å². The fourth-order valence-corrected chi connectivity index (χ4v) is 1.88. The number of rotatable bonds is 5. The van der Waals surface area contributed by atoms with Crippen LogP contribution in [0.2, 0.25) is 0 Å². The van der Waals surface area contributed by atoms with E-state index in [1.807, 2.05) is 79.8 Å². The summed E-state index contributed by atoms with van der Waals surface area (Å²) in [5.74, 6) is 0. The Bertz CT molecular complexity index is 785. The van der Waals surface area contributed by atoms with Crippen molar-refractivity contribution in [3.63, 3.8) is 0 Å². The summed E-state index contributed by atoms with van der Waals surface area (Å²) in [7, 11) is 0.